The number of methoxy groups -OCH3 is 2. The first kappa shape index (κ1) is 14.5. The molecule has 0 atom stereocenters. The Morgan fingerprint density at radius 2 is 1.86 bits per heavy atom. The molecule has 0 radical (unpaired) electrons. The summed E-state index contributed by atoms with van der Waals surface area (Å²) in [6.45, 7) is 0. The number of hydrogen-bond donors (Lipinski definition) is 3. The van der Waals surface area contributed by atoms with Gasteiger partial charge in [0.2, 0.25) is 17.7 Å². The standard InChI is InChI=1S/C12H14N6O3/c1-20-9-5-10(21-2)16-12(15-9)17-11(19)8-4-3-7(18-13)6-14-8/h3-6,18H,13H2,1-2H3,(H,15,16,17,19). The van der Waals surface area contributed by atoms with E-state index >= 15 is 0 Å². The molecular formula is C12H14N6O3. The second kappa shape index (κ2) is 6.48. The molecule has 0 fully saturated rings. The van der Waals surface area contributed by atoms with Crippen LogP contribution >= 0.6 is 0 Å². The number of pyridine rings is 1. The van der Waals surface area contributed by atoms with Gasteiger partial charge in [0, 0.05) is 0 Å². The molecule has 2 heterocycles. The van der Waals surface area contributed by atoms with Crippen molar-refractivity contribution in [2.75, 3.05) is 25.0 Å². The minimum absolute atomic E-state index is 0.0547. The predicted molar refractivity (Wildman–Crippen MR) is 75.1 cm³/mol. The molecule has 0 spiro atoms. The second-order valence-corrected chi connectivity index (χ2v) is 3.81. The molecule has 0 aliphatic heterocycles. The van der Waals surface area contributed by atoms with Crippen LogP contribution in [0.1, 0.15) is 10.5 Å². The molecule has 21 heavy (non-hydrogen) atoms. The van der Waals surface area contributed by atoms with Crippen molar-refractivity contribution in [2.45, 2.75) is 0 Å². The third-order valence-corrected chi connectivity index (χ3v) is 2.49. The number of carbonyl (C=O) groups excluding carboxylic acids is 1. The Morgan fingerprint density at radius 3 is 2.33 bits per heavy atom. The number of carbonyl (C=O) groups is 1. The van der Waals surface area contributed by atoms with E-state index in [1.54, 1.807) is 6.07 Å². The Kier molecular flexibility index (Phi) is 4.46. The van der Waals surface area contributed by atoms with Crippen molar-refractivity contribution < 1.29 is 14.3 Å². The highest BCUT2D eigenvalue weighted by molar-refractivity contribution is 6.01. The van der Waals surface area contributed by atoms with Gasteiger partial charge in [0.1, 0.15) is 5.69 Å². The van der Waals surface area contributed by atoms with E-state index < -0.39 is 5.91 Å². The lowest BCUT2D eigenvalue weighted by atomic mass is 10.3. The number of amides is 1. The van der Waals surface area contributed by atoms with E-state index in [9.17, 15) is 4.79 Å². The van der Waals surface area contributed by atoms with Gasteiger partial charge in [-0.1, -0.05) is 0 Å². The Labute approximate surface area is 120 Å². The van der Waals surface area contributed by atoms with Crippen LogP contribution < -0.4 is 26.1 Å². The summed E-state index contributed by atoms with van der Waals surface area (Å²) in [6.07, 6.45) is 1.43. The number of rotatable bonds is 5. The average Bonchev–Trinajstić information content (AvgIpc) is 2.54. The van der Waals surface area contributed by atoms with E-state index in [0.29, 0.717) is 5.69 Å². The van der Waals surface area contributed by atoms with Crippen molar-refractivity contribution in [3.8, 4) is 11.8 Å². The summed E-state index contributed by atoms with van der Waals surface area (Å²) in [5.74, 6) is 5.36. The first-order valence-electron chi connectivity index (χ1n) is 5.87. The molecule has 110 valence electrons. The van der Waals surface area contributed by atoms with Crippen LogP contribution in [-0.2, 0) is 0 Å². The Hall–Kier alpha value is -2.94. The maximum absolute atomic E-state index is 12.0. The van der Waals surface area contributed by atoms with Crippen molar-refractivity contribution in [3.05, 3.63) is 30.1 Å². The molecule has 9 heteroatoms. The maximum atomic E-state index is 12.0. The fraction of sp³-hybridized carbons (Fsp3) is 0.167. The summed E-state index contributed by atoms with van der Waals surface area (Å²) in [5, 5.41) is 2.51. The number of anilines is 2. The highest BCUT2D eigenvalue weighted by atomic mass is 16.5. The number of ether oxygens (including phenoxy) is 2. The number of aromatic nitrogens is 3. The van der Waals surface area contributed by atoms with Gasteiger partial charge in [0.25, 0.3) is 5.91 Å². The number of nitrogen functional groups attached to an aromatic ring is 1. The van der Waals surface area contributed by atoms with Crippen LogP contribution in [0.4, 0.5) is 11.6 Å². The molecule has 1 amide bonds. The van der Waals surface area contributed by atoms with Crippen LogP contribution in [0.3, 0.4) is 0 Å². The summed E-state index contributed by atoms with van der Waals surface area (Å²) in [5.41, 5.74) is 3.20. The van der Waals surface area contributed by atoms with Gasteiger partial charge in [-0.25, -0.2) is 4.98 Å². The highest BCUT2D eigenvalue weighted by Gasteiger charge is 2.12. The van der Waals surface area contributed by atoms with E-state index in [0.717, 1.165) is 0 Å². The first-order valence-corrected chi connectivity index (χ1v) is 5.87. The number of hydrogen-bond acceptors (Lipinski definition) is 8. The van der Waals surface area contributed by atoms with E-state index in [-0.39, 0.29) is 23.4 Å². The molecule has 0 aromatic carbocycles. The molecule has 2 aromatic rings. The average molecular weight is 290 g/mol. The van der Waals surface area contributed by atoms with Crippen molar-refractivity contribution >= 4 is 17.5 Å². The topological polar surface area (TPSA) is 124 Å². The van der Waals surface area contributed by atoms with Gasteiger partial charge in [-0.3, -0.25) is 16.0 Å². The number of nitrogens with zero attached hydrogens (tertiary/aromatic N) is 3. The van der Waals surface area contributed by atoms with Gasteiger partial charge < -0.3 is 14.9 Å². The van der Waals surface area contributed by atoms with E-state index in [2.05, 4.69) is 25.7 Å². The Morgan fingerprint density at radius 1 is 1.19 bits per heavy atom. The molecule has 0 aliphatic rings. The van der Waals surface area contributed by atoms with Gasteiger partial charge in [-0.2, -0.15) is 9.97 Å². The predicted octanol–water partition coefficient (Wildman–Crippen LogP) is 0.427. The fourth-order valence-electron chi connectivity index (χ4n) is 1.45. The fourth-order valence-corrected chi connectivity index (χ4v) is 1.45. The molecule has 0 aliphatic carbocycles. The smallest absolute Gasteiger partial charge is 0.276 e. The summed E-state index contributed by atoms with van der Waals surface area (Å²) < 4.78 is 9.99. The second-order valence-electron chi connectivity index (χ2n) is 3.81. The molecule has 0 bridgehead atoms. The van der Waals surface area contributed by atoms with Gasteiger partial charge in [-0.05, 0) is 12.1 Å². The SMILES string of the molecule is COc1cc(OC)nc(NC(=O)c2ccc(NN)cn2)n1. The van der Waals surface area contributed by atoms with Crippen molar-refractivity contribution in [1.29, 1.82) is 0 Å². The van der Waals surface area contributed by atoms with Gasteiger partial charge in [0.05, 0.1) is 32.2 Å². The normalized spacial score (nSPS) is 9.86. The zero-order chi connectivity index (χ0) is 15.2. The quantitative estimate of drug-likeness (QED) is 0.534. The van der Waals surface area contributed by atoms with Crippen LogP contribution in [0, 0.1) is 0 Å². The summed E-state index contributed by atoms with van der Waals surface area (Å²) in [7, 11) is 2.90. The summed E-state index contributed by atoms with van der Waals surface area (Å²) in [6, 6.07) is 4.63. The van der Waals surface area contributed by atoms with E-state index in [4.69, 9.17) is 15.3 Å². The maximum Gasteiger partial charge on any atom is 0.276 e. The zero-order valence-corrected chi connectivity index (χ0v) is 11.5. The Balaban J connectivity index is 2.18. The minimum atomic E-state index is -0.464. The zero-order valence-electron chi connectivity index (χ0n) is 11.5. The molecule has 9 nitrogen and oxygen atoms in total. The highest BCUT2D eigenvalue weighted by Crippen LogP contribution is 2.17. The minimum Gasteiger partial charge on any atom is -0.481 e. The number of nitrogens with two attached hydrogens (primary N) is 1. The largest absolute Gasteiger partial charge is 0.481 e. The van der Waals surface area contributed by atoms with E-state index in [1.165, 1.54) is 32.5 Å². The monoisotopic (exact) mass is 290 g/mol. The van der Waals surface area contributed by atoms with Crippen molar-refractivity contribution in [3.63, 3.8) is 0 Å². The van der Waals surface area contributed by atoms with Crippen LogP contribution in [0.5, 0.6) is 11.8 Å². The number of hydrazine groups is 1. The third kappa shape index (κ3) is 3.54. The summed E-state index contributed by atoms with van der Waals surface area (Å²) >= 11 is 0. The van der Waals surface area contributed by atoms with Crippen LogP contribution in [0.25, 0.3) is 0 Å². The van der Waals surface area contributed by atoms with Gasteiger partial charge in [0.15, 0.2) is 0 Å². The van der Waals surface area contributed by atoms with E-state index in [1.807, 2.05) is 0 Å². The molecule has 2 rings (SSSR count). The molecule has 0 saturated heterocycles. The molecule has 4 N–H and O–H groups in total. The number of nitrogens with one attached hydrogen (secondary N) is 2. The molecule has 2 aromatic heterocycles. The Bertz CT molecular complexity index is 609. The molecular weight excluding hydrogens is 276 g/mol. The lowest BCUT2D eigenvalue weighted by molar-refractivity contribution is 0.102. The summed E-state index contributed by atoms with van der Waals surface area (Å²) in [4.78, 5) is 24.0. The lowest BCUT2D eigenvalue weighted by Crippen LogP contribution is -2.16. The van der Waals surface area contributed by atoms with Gasteiger partial charge >= 0.3 is 0 Å². The van der Waals surface area contributed by atoms with Crippen molar-refractivity contribution in [2.24, 2.45) is 5.84 Å². The van der Waals surface area contributed by atoms with Gasteiger partial charge in [-0.15, -0.1) is 0 Å². The third-order valence-electron chi connectivity index (χ3n) is 2.49. The van der Waals surface area contributed by atoms with Crippen LogP contribution in [-0.4, -0.2) is 35.1 Å². The van der Waals surface area contributed by atoms with Crippen LogP contribution in [0.2, 0.25) is 0 Å². The molecule has 0 saturated carbocycles. The van der Waals surface area contributed by atoms with Crippen molar-refractivity contribution in [1.82, 2.24) is 15.0 Å². The van der Waals surface area contributed by atoms with Crippen LogP contribution in [0.15, 0.2) is 24.4 Å². The lowest BCUT2D eigenvalue weighted by Gasteiger charge is -2.07. The molecule has 0 unspecified atom stereocenters. The first-order chi connectivity index (χ1) is 10.2.